The van der Waals surface area contributed by atoms with Crippen molar-refractivity contribution in [2.75, 3.05) is 19.5 Å². The van der Waals surface area contributed by atoms with Crippen molar-refractivity contribution in [3.63, 3.8) is 0 Å². The first-order chi connectivity index (χ1) is 9.22. The van der Waals surface area contributed by atoms with E-state index in [0.717, 1.165) is 16.7 Å². The maximum atomic E-state index is 11.0. The fraction of sp³-hybridized carbons (Fsp3) is 0.286. The molecule has 1 aromatic heterocycles. The largest absolute Gasteiger partial charge is 0.493 e. The van der Waals surface area contributed by atoms with E-state index in [1.807, 2.05) is 18.2 Å². The van der Waals surface area contributed by atoms with E-state index < -0.39 is 0 Å². The van der Waals surface area contributed by atoms with E-state index >= 15 is 0 Å². The van der Waals surface area contributed by atoms with Crippen molar-refractivity contribution in [2.24, 2.45) is 0 Å². The highest BCUT2D eigenvalue weighted by Crippen LogP contribution is 2.28. The monoisotopic (exact) mass is 260 g/mol. The predicted octanol–water partition coefficient (Wildman–Crippen LogP) is 2.15. The Morgan fingerprint density at radius 1 is 1.37 bits per heavy atom. The number of nitrogen functional groups attached to an aromatic ring is 1. The van der Waals surface area contributed by atoms with E-state index in [0.29, 0.717) is 25.1 Å². The minimum absolute atomic E-state index is 0.229. The Morgan fingerprint density at radius 3 is 3.00 bits per heavy atom. The van der Waals surface area contributed by atoms with Crippen molar-refractivity contribution >= 4 is 22.6 Å². The van der Waals surface area contributed by atoms with Gasteiger partial charge in [0.25, 0.3) is 0 Å². The summed E-state index contributed by atoms with van der Waals surface area (Å²) in [5.41, 5.74) is 7.21. The molecule has 1 aromatic carbocycles. The van der Waals surface area contributed by atoms with Gasteiger partial charge < -0.3 is 15.2 Å². The summed E-state index contributed by atoms with van der Waals surface area (Å²) >= 11 is 0. The van der Waals surface area contributed by atoms with Gasteiger partial charge >= 0.3 is 5.97 Å². The molecule has 1 heterocycles. The molecule has 2 N–H and O–H groups in total. The number of fused-ring (bicyclic) bond motifs is 1. The first kappa shape index (κ1) is 13.1. The zero-order valence-electron chi connectivity index (χ0n) is 10.8. The number of hydrogen-bond acceptors (Lipinski definition) is 5. The molecule has 0 aliphatic rings. The molecule has 0 radical (unpaired) electrons. The normalized spacial score (nSPS) is 10.4. The van der Waals surface area contributed by atoms with Gasteiger partial charge in [-0.3, -0.25) is 9.78 Å². The lowest BCUT2D eigenvalue weighted by atomic mass is 10.2. The molecule has 0 atom stereocenters. The van der Waals surface area contributed by atoms with Gasteiger partial charge in [-0.15, -0.1) is 0 Å². The third-order valence-electron chi connectivity index (χ3n) is 2.77. The first-order valence-electron chi connectivity index (χ1n) is 6.05. The van der Waals surface area contributed by atoms with Gasteiger partial charge in [-0.1, -0.05) is 0 Å². The molecule has 0 saturated heterocycles. The summed E-state index contributed by atoms with van der Waals surface area (Å²) in [7, 11) is 1.38. The zero-order chi connectivity index (χ0) is 13.7. The van der Waals surface area contributed by atoms with Crippen LogP contribution in [0.2, 0.25) is 0 Å². The fourth-order valence-corrected chi connectivity index (χ4v) is 1.79. The van der Waals surface area contributed by atoms with Crippen molar-refractivity contribution in [3.8, 4) is 5.75 Å². The van der Waals surface area contributed by atoms with E-state index in [9.17, 15) is 4.79 Å². The number of hydrogen-bond donors (Lipinski definition) is 1. The molecule has 0 aliphatic carbocycles. The maximum Gasteiger partial charge on any atom is 0.305 e. The maximum absolute atomic E-state index is 11.0. The standard InChI is InChI=1S/C14H16N2O3/c1-18-13(17)5-3-9-19-12-7-6-11(15)14-10(12)4-2-8-16-14/h2,4,6-8H,3,5,9,15H2,1H3. The Morgan fingerprint density at radius 2 is 2.21 bits per heavy atom. The fourth-order valence-electron chi connectivity index (χ4n) is 1.79. The lowest BCUT2D eigenvalue weighted by Gasteiger charge is -2.09. The number of ether oxygens (including phenoxy) is 2. The lowest BCUT2D eigenvalue weighted by Crippen LogP contribution is -2.05. The molecule has 5 heteroatoms. The molecule has 100 valence electrons. The van der Waals surface area contributed by atoms with Crippen LogP contribution in [0.25, 0.3) is 10.9 Å². The lowest BCUT2D eigenvalue weighted by molar-refractivity contribution is -0.140. The van der Waals surface area contributed by atoms with Gasteiger partial charge in [-0.05, 0) is 30.7 Å². The molecule has 0 saturated carbocycles. The van der Waals surface area contributed by atoms with E-state index in [1.165, 1.54) is 7.11 Å². The predicted molar refractivity (Wildman–Crippen MR) is 72.9 cm³/mol. The molecule has 0 bridgehead atoms. The average Bonchev–Trinajstić information content (AvgIpc) is 2.45. The number of esters is 1. The SMILES string of the molecule is COC(=O)CCCOc1ccc(N)c2ncccc12. The van der Waals surface area contributed by atoms with E-state index in [4.69, 9.17) is 10.5 Å². The van der Waals surface area contributed by atoms with Gasteiger partial charge in [0.15, 0.2) is 0 Å². The molecular weight excluding hydrogens is 244 g/mol. The van der Waals surface area contributed by atoms with Crippen LogP contribution in [0.4, 0.5) is 5.69 Å². The Kier molecular flexibility index (Phi) is 4.18. The van der Waals surface area contributed by atoms with E-state index in [1.54, 1.807) is 12.3 Å². The van der Waals surface area contributed by atoms with Crippen LogP contribution < -0.4 is 10.5 Å². The van der Waals surface area contributed by atoms with E-state index in [2.05, 4.69) is 9.72 Å². The number of aromatic nitrogens is 1. The van der Waals surface area contributed by atoms with E-state index in [-0.39, 0.29) is 5.97 Å². The molecule has 19 heavy (non-hydrogen) atoms. The molecule has 5 nitrogen and oxygen atoms in total. The van der Waals surface area contributed by atoms with Crippen molar-refractivity contribution in [2.45, 2.75) is 12.8 Å². The Bertz CT molecular complexity index is 584. The minimum atomic E-state index is -0.229. The second-order valence-corrected chi connectivity index (χ2v) is 4.08. The second kappa shape index (κ2) is 6.04. The van der Waals surface area contributed by atoms with Crippen LogP contribution in [0, 0.1) is 0 Å². The smallest absolute Gasteiger partial charge is 0.305 e. The van der Waals surface area contributed by atoms with Gasteiger partial charge in [0.1, 0.15) is 5.75 Å². The molecule has 0 unspecified atom stereocenters. The van der Waals surface area contributed by atoms with Crippen LogP contribution >= 0.6 is 0 Å². The number of nitrogens with two attached hydrogens (primary N) is 1. The molecule has 0 aliphatic heterocycles. The van der Waals surface area contributed by atoms with Gasteiger partial charge in [0.05, 0.1) is 24.9 Å². The third kappa shape index (κ3) is 3.13. The molecule has 0 amide bonds. The summed E-state index contributed by atoms with van der Waals surface area (Å²) in [6, 6.07) is 7.33. The summed E-state index contributed by atoms with van der Waals surface area (Å²) in [6.07, 6.45) is 2.65. The molecule has 0 spiro atoms. The summed E-state index contributed by atoms with van der Waals surface area (Å²) < 4.78 is 10.2. The number of carbonyl (C=O) groups excluding carboxylic acids is 1. The van der Waals surface area contributed by atoms with Crippen LogP contribution in [-0.4, -0.2) is 24.7 Å². The quantitative estimate of drug-likeness (QED) is 0.506. The summed E-state index contributed by atoms with van der Waals surface area (Å²) in [6.45, 7) is 0.447. The number of methoxy groups -OCH3 is 1. The number of rotatable bonds is 5. The summed E-state index contributed by atoms with van der Waals surface area (Å²) in [5.74, 6) is 0.495. The van der Waals surface area contributed by atoms with Crippen molar-refractivity contribution in [1.29, 1.82) is 0 Å². The number of nitrogens with zero attached hydrogens (tertiary/aromatic N) is 1. The highest BCUT2D eigenvalue weighted by molar-refractivity contribution is 5.93. The minimum Gasteiger partial charge on any atom is -0.493 e. The Hall–Kier alpha value is -2.30. The van der Waals surface area contributed by atoms with Crippen molar-refractivity contribution in [3.05, 3.63) is 30.5 Å². The topological polar surface area (TPSA) is 74.4 Å². The summed E-state index contributed by atoms with van der Waals surface area (Å²) in [5, 5.41) is 0.876. The van der Waals surface area contributed by atoms with Crippen LogP contribution in [0.3, 0.4) is 0 Å². The van der Waals surface area contributed by atoms with Gasteiger partial charge in [0.2, 0.25) is 0 Å². The number of carbonyl (C=O) groups is 1. The van der Waals surface area contributed by atoms with Crippen LogP contribution in [-0.2, 0) is 9.53 Å². The van der Waals surface area contributed by atoms with Crippen LogP contribution in [0.15, 0.2) is 30.5 Å². The highest BCUT2D eigenvalue weighted by atomic mass is 16.5. The summed E-state index contributed by atoms with van der Waals surface area (Å²) in [4.78, 5) is 15.2. The van der Waals surface area contributed by atoms with Crippen molar-refractivity contribution in [1.82, 2.24) is 4.98 Å². The Balaban J connectivity index is 2.05. The zero-order valence-corrected chi connectivity index (χ0v) is 10.8. The number of anilines is 1. The van der Waals surface area contributed by atoms with Gasteiger partial charge in [-0.2, -0.15) is 0 Å². The molecule has 2 rings (SSSR count). The first-order valence-corrected chi connectivity index (χ1v) is 6.05. The van der Waals surface area contributed by atoms with Gasteiger partial charge in [-0.25, -0.2) is 0 Å². The number of pyridine rings is 1. The molecule has 0 fully saturated rings. The molecule has 2 aromatic rings. The van der Waals surface area contributed by atoms with Crippen molar-refractivity contribution < 1.29 is 14.3 Å². The second-order valence-electron chi connectivity index (χ2n) is 4.08. The average molecular weight is 260 g/mol. The third-order valence-corrected chi connectivity index (χ3v) is 2.77. The highest BCUT2D eigenvalue weighted by Gasteiger charge is 2.06. The molecular formula is C14H16N2O3. The van der Waals surface area contributed by atoms with Crippen LogP contribution in [0.1, 0.15) is 12.8 Å². The number of benzene rings is 1. The van der Waals surface area contributed by atoms with Crippen LogP contribution in [0.5, 0.6) is 5.75 Å². The van der Waals surface area contributed by atoms with Gasteiger partial charge in [0, 0.05) is 18.0 Å². The Labute approximate surface area is 111 Å².